The topological polar surface area (TPSA) is 83.2 Å². The van der Waals surface area contributed by atoms with Crippen LogP contribution in [-0.4, -0.2) is 53.4 Å². The van der Waals surface area contributed by atoms with Crippen molar-refractivity contribution in [3.05, 3.63) is 52.3 Å². The Hall–Kier alpha value is -2.69. The monoisotopic (exact) mass is 423 g/mol. The van der Waals surface area contributed by atoms with Gasteiger partial charge in [0.2, 0.25) is 5.91 Å². The van der Waals surface area contributed by atoms with E-state index in [-0.39, 0.29) is 11.9 Å². The minimum absolute atomic E-state index is 0.0439. The number of hydrogen-bond acceptors (Lipinski definition) is 5. The van der Waals surface area contributed by atoms with Crippen LogP contribution >= 0.6 is 0 Å². The maximum absolute atomic E-state index is 12.9. The number of rotatable bonds is 9. The number of carbonyl (C=O) groups is 1. The van der Waals surface area contributed by atoms with Crippen molar-refractivity contribution in [1.82, 2.24) is 20.0 Å². The molecule has 1 aromatic heterocycles. The molecular weight excluding hydrogens is 390 g/mol. The number of morpholine rings is 1. The fourth-order valence-electron chi connectivity index (χ4n) is 4.05. The van der Waals surface area contributed by atoms with Crippen molar-refractivity contribution in [3.63, 3.8) is 0 Å². The summed E-state index contributed by atoms with van der Waals surface area (Å²) in [7, 11) is 0. The quantitative estimate of drug-likeness (QED) is 0.671. The van der Waals surface area contributed by atoms with Gasteiger partial charge in [0.1, 0.15) is 0 Å². The second-order valence-electron chi connectivity index (χ2n) is 8.22. The van der Waals surface area contributed by atoms with Crippen LogP contribution in [0, 0.1) is 32.1 Å². The standard InChI is InChI=1S/C24H33N5O2/c1-18-5-7-21(8-6-18)23(17-28-13-15-31-16-14-28)26-24(30)10-9-22-19(2)27-29(20(22)3)12-4-11-25/h5-8,23H,4,9-10,12-17H2,1-3H3,(H,26,30). The Labute approximate surface area is 185 Å². The first-order valence-electron chi connectivity index (χ1n) is 11.0. The van der Waals surface area contributed by atoms with Crippen molar-refractivity contribution in [3.8, 4) is 6.07 Å². The highest BCUT2D eigenvalue weighted by Crippen LogP contribution is 2.19. The van der Waals surface area contributed by atoms with E-state index in [2.05, 4.69) is 52.6 Å². The molecule has 0 spiro atoms. The molecule has 0 aliphatic carbocycles. The Balaban J connectivity index is 1.64. The average Bonchev–Trinajstić information content (AvgIpc) is 3.04. The Morgan fingerprint density at radius 3 is 2.61 bits per heavy atom. The first-order chi connectivity index (χ1) is 15.0. The summed E-state index contributed by atoms with van der Waals surface area (Å²) in [5.41, 5.74) is 5.42. The fourth-order valence-corrected chi connectivity index (χ4v) is 4.05. The van der Waals surface area contributed by atoms with E-state index in [4.69, 9.17) is 10.00 Å². The number of nitrogens with zero attached hydrogens (tertiary/aromatic N) is 4. The average molecular weight is 424 g/mol. The molecule has 1 aliphatic rings. The molecule has 1 saturated heterocycles. The van der Waals surface area contributed by atoms with Crippen LogP contribution in [0.4, 0.5) is 0 Å². The van der Waals surface area contributed by atoms with E-state index in [0.717, 1.165) is 55.4 Å². The molecule has 1 atom stereocenters. The van der Waals surface area contributed by atoms with Crippen molar-refractivity contribution < 1.29 is 9.53 Å². The lowest BCUT2D eigenvalue weighted by molar-refractivity contribution is -0.122. The van der Waals surface area contributed by atoms with Gasteiger partial charge in [-0.2, -0.15) is 10.4 Å². The van der Waals surface area contributed by atoms with E-state index in [0.29, 0.717) is 25.8 Å². The zero-order valence-electron chi connectivity index (χ0n) is 18.9. The predicted octanol–water partition coefficient (Wildman–Crippen LogP) is 2.84. The minimum atomic E-state index is -0.0493. The third-order valence-corrected chi connectivity index (χ3v) is 5.93. The molecule has 7 nitrogen and oxygen atoms in total. The van der Waals surface area contributed by atoms with E-state index < -0.39 is 0 Å². The predicted molar refractivity (Wildman–Crippen MR) is 120 cm³/mol. The van der Waals surface area contributed by atoms with Crippen molar-refractivity contribution in [2.75, 3.05) is 32.8 Å². The van der Waals surface area contributed by atoms with Gasteiger partial charge in [-0.05, 0) is 38.3 Å². The van der Waals surface area contributed by atoms with Gasteiger partial charge in [-0.1, -0.05) is 29.8 Å². The van der Waals surface area contributed by atoms with Crippen molar-refractivity contribution in [2.24, 2.45) is 0 Å². The van der Waals surface area contributed by atoms with Gasteiger partial charge in [0.15, 0.2) is 0 Å². The molecule has 2 heterocycles. The molecule has 0 bridgehead atoms. The number of nitriles is 1. The summed E-state index contributed by atoms with van der Waals surface area (Å²) in [6.45, 7) is 10.7. The summed E-state index contributed by atoms with van der Waals surface area (Å²) >= 11 is 0. The van der Waals surface area contributed by atoms with Gasteiger partial charge < -0.3 is 10.1 Å². The molecule has 1 fully saturated rings. The molecule has 1 N–H and O–H groups in total. The Bertz CT molecular complexity index is 907. The summed E-state index contributed by atoms with van der Waals surface area (Å²) in [6.07, 6.45) is 1.49. The first-order valence-corrected chi connectivity index (χ1v) is 11.0. The van der Waals surface area contributed by atoms with Gasteiger partial charge in [0.25, 0.3) is 0 Å². The normalized spacial score (nSPS) is 15.4. The van der Waals surface area contributed by atoms with Gasteiger partial charge in [-0.25, -0.2) is 0 Å². The number of amides is 1. The van der Waals surface area contributed by atoms with Gasteiger partial charge in [-0.3, -0.25) is 14.4 Å². The minimum Gasteiger partial charge on any atom is -0.379 e. The van der Waals surface area contributed by atoms with Crippen LogP contribution in [0.5, 0.6) is 0 Å². The number of carbonyl (C=O) groups excluding carboxylic acids is 1. The second-order valence-corrected chi connectivity index (χ2v) is 8.22. The number of nitrogens with one attached hydrogen (secondary N) is 1. The van der Waals surface area contributed by atoms with Crippen LogP contribution in [0.25, 0.3) is 0 Å². The van der Waals surface area contributed by atoms with Crippen LogP contribution in [0.2, 0.25) is 0 Å². The molecule has 2 aromatic rings. The number of ether oxygens (including phenoxy) is 1. The van der Waals surface area contributed by atoms with E-state index in [9.17, 15) is 4.79 Å². The third kappa shape index (κ3) is 6.39. The summed E-state index contributed by atoms with van der Waals surface area (Å²) in [5, 5.41) is 16.6. The Morgan fingerprint density at radius 1 is 1.23 bits per heavy atom. The van der Waals surface area contributed by atoms with Crippen LogP contribution < -0.4 is 5.32 Å². The highest BCUT2D eigenvalue weighted by molar-refractivity contribution is 5.76. The summed E-state index contributed by atoms with van der Waals surface area (Å²) in [4.78, 5) is 15.2. The van der Waals surface area contributed by atoms with Crippen molar-refractivity contribution in [1.29, 1.82) is 5.26 Å². The van der Waals surface area contributed by atoms with Gasteiger partial charge in [0, 0.05) is 31.7 Å². The van der Waals surface area contributed by atoms with E-state index in [1.54, 1.807) is 0 Å². The van der Waals surface area contributed by atoms with Crippen molar-refractivity contribution in [2.45, 2.75) is 52.6 Å². The number of aromatic nitrogens is 2. The molecule has 0 saturated carbocycles. The van der Waals surface area contributed by atoms with Crippen LogP contribution in [0.3, 0.4) is 0 Å². The molecule has 0 radical (unpaired) electrons. The SMILES string of the molecule is Cc1ccc(C(CN2CCOCC2)NC(=O)CCc2c(C)nn(CCC#N)c2C)cc1. The molecular formula is C24H33N5O2. The molecule has 1 aliphatic heterocycles. The largest absolute Gasteiger partial charge is 0.379 e. The van der Waals surface area contributed by atoms with Crippen LogP contribution in [-0.2, 0) is 22.5 Å². The zero-order valence-corrected chi connectivity index (χ0v) is 18.9. The molecule has 31 heavy (non-hydrogen) atoms. The highest BCUT2D eigenvalue weighted by Gasteiger charge is 2.21. The molecule has 166 valence electrons. The van der Waals surface area contributed by atoms with Gasteiger partial charge in [-0.15, -0.1) is 0 Å². The lowest BCUT2D eigenvalue weighted by Gasteiger charge is -2.31. The smallest absolute Gasteiger partial charge is 0.220 e. The molecule has 1 aromatic carbocycles. The summed E-state index contributed by atoms with van der Waals surface area (Å²) in [5.74, 6) is 0.0439. The van der Waals surface area contributed by atoms with E-state index >= 15 is 0 Å². The second kappa shape index (κ2) is 11.1. The Kier molecular flexibility index (Phi) is 8.21. The molecule has 7 heteroatoms. The zero-order chi connectivity index (χ0) is 22.2. The summed E-state index contributed by atoms with van der Waals surface area (Å²) < 4.78 is 7.34. The number of aryl methyl sites for hydroxylation is 3. The molecule has 1 unspecified atom stereocenters. The number of benzene rings is 1. The van der Waals surface area contributed by atoms with E-state index in [1.807, 2.05) is 18.5 Å². The first kappa shape index (κ1) is 23.0. The molecule has 1 amide bonds. The Morgan fingerprint density at radius 2 is 1.94 bits per heavy atom. The maximum Gasteiger partial charge on any atom is 0.220 e. The van der Waals surface area contributed by atoms with E-state index in [1.165, 1.54) is 5.56 Å². The van der Waals surface area contributed by atoms with Gasteiger partial charge >= 0.3 is 0 Å². The third-order valence-electron chi connectivity index (χ3n) is 5.93. The fraction of sp³-hybridized carbons (Fsp3) is 0.542. The van der Waals surface area contributed by atoms with Crippen LogP contribution in [0.1, 0.15) is 47.0 Å². The number of hydrogen-bond donors (Lipinski definition) is 1. The highest BCUT2D eigenvalue weighted by atomic mass is 16.5. The van der Waals surface area contributed by atoms with Crippen LogP contribution in [0.15, 0.2) is 24.3 Å². The maximum atomic E-state index is 12.9. The van der Waals surface area contributed by atoms with Crippen molar-refractivity contribution >= 4 is 5.91 Å². The lowest BCUT2D eigenvalue weighted by Crippen LogP contribution is -2.43. The van der Waals surface area contributed by atoms with Gasteiger partial charge in [0.05, 0.1) is 44.0 Å². The summed E-state index contributed by atoms with van der Waals surface area (Å²) in [6, 6.07) is 10.5. The molecule has 3 rings (SSSR count). The lowest BCUT2D eigenvalue weighted by atomic mass is 10.0.